The van der Waals surface area contributed by atoms with Crippen molar-refractivity contribution in [3.63, 3.8) is 0 Å². The van der Waals surface area contributed by atoms with Crippen molar-refractivity contribution in [1.29, 1.82) is 0 Å². The van der Waals surface area contributed by atoms with E-state index in [0.717, 1.165) is 11.4 Å². The van der Waals surface area contributed by atoms with Gasteiger partial charge in [0.1, 0.15) is 17.3 Å². The van der Waals surface area contributed by atoms with Gasteiger partial charge in [-0.2, -0.15) is 0 Å². The molecule has 0 aliphatic carbocycles. The minimum Gasteiger partial charge on any atom is -0.497 e. The number of methoxy groups -OCH3 is 1. The number of benzene rings is 1. The molecule has 138 valence electrons. The van der Waals surface area contributed by atoms with Crippen LogP contribution in [0.25, 0.3) is 0 Å². The van der Waals surface area contributed by atoms with Crippen molar-refractivity contribution in [2.75, 3.05) is 25.2 Å². The number of hydrogen-bond acceptors (Lipinski definition) is 5. The number of carbonyl (C=O) groups excluding carboxylic acids is 2. The molecule has 1 spiro atoms. The maximum atomic E-state index is 13.2. The number of hydrogen-bond donors (Lipinski definition) is 0. The number of fused-ring (bicyclic) bond motifs is 1. The Bertz CT molecular complexity index is 756. The van der Waals surface area contributed by atoms with E-state index in [0.29, 0.717) is 13.2 Å². The molecular weight excluding hydrogens is 334 g/mol. The van der Waals surface area contributed by atoms with Gasteiger partial charge in [-0.1, -0.05) is 26.0 Å². The number of esters is 1. The third kappa shape index (κ3) is 2.51. The van der Waals surface area contributed by atoms with Crippen LogP contribution in [-0.2, 0) is 19.1 Å². The number of amides is 1. The molecule has 26 heavy (non-hydrogen) atoms. The molecule has 0 unspecified atom stereocenters. The summed E-state index contributed by atoms with van der Waals surface area (Å²) in [5.74, 6) is -0.559. The third-order valence-electron chi connectivity index (χ3n) is 5.32. The molecule has 3 heterocycles. The topological polar surface area (TPSA) is 65.1 Å². The lowest BCUT2D eigenvalue weighted by Crippen LogP contribution is -2.40. The normalized spacial score (nSPS) is 31.6. The molecule has 1 aromatic carbocycles. The summed E-state index contributed by atoms with van der Waals surface area (Å²) < 4.78 is 16.7. The van der Waals surface area contributed by atoms with Gasteiger partial charge in [-0.3, -0.25) is 9.59 Å². The zero-order valence-corrected chi connectivity index (χ0v) is 15.2. The fraction of sp³-hybridized carbons (Fsp3) is 0.500. The van der Waals surface area contributed by atoms with Gasteiger partial charge in [0.05, 0.1) is 32.3 Å². The van der Waals surface area contributed by atoms with Gasteiger partial charge < -0.3 is 19.1 Å². The predicted octanol–water partition coefficient (Wildman–Crippen LogP) is 2.18. The Morgan fingerprint density at radius 3 is 2.73 bits per heavy atom. The highest BCUT2D eigenvalue weighted by Gasteiger charge is 2.67. The van der Waals surface area contributed by atoms with E-state index in [1.807, 2.05) is 50.3 Å². The second-order valence-electron chi connectivity index (χ2n) is 7.55. The molecular formula is C20H23NO5. The zero-order valence-electron chi connectivity index (χ0n) is 15.2. The summed E-state index contributed by atoms with van der Waals surface area (Å²) in [4.78, 5) is 27.5. The van der Waals surface area contributed by atoms with Crippen LogP contribution in [0.4, 0.5) is 5.69 Å². The van der Waals surface area contributed by atoms with Crippen molar-refractivity contribution < 1.29 is 23.8 Å². The van der Waals surface area contributed by atoms with Gasteiger partial charge in [0.15, 0.2) is 0 Å². The van der Waals surface area contributed by atoms with Crippen molar-refractivity contribution in [2.24, 2.45) is 17.8 Å². The first-order valence-electron chi connectivity index (χ1n) is 8.94. The zero-order chi connectivity index (χ0) is 18.5. The van der Waals surface area contributed by atoms with Crippen LogP contribution in [0.5, 0.6) is 5.75 Å². The van der Waals surface area contributed by atoms with Gasteiger partial charge in [-0.15, -0.1) is 0 Å². The Morgan fingerprint density at radius 1 is 1.35 bits per heavy atom. The minimum absolute atomic E-state index is 0.0893. The molecule has 3 aliphatic heterocycles. The van der Waals surface area contributed by atoms with Gasteiger partial charge in [0, 0.05) is 5.69 Å². The molecule has 0 radical (unpaired) electrons. The molecule has 4 rings (SSSR count). The van der Waals surface area contributed by atoms with Crippen LogP contribution in [0.2, 0.25) is 0 Å². The van der Waals surface area contributed by atoms with E-state index >= 15 is 0 Å². The first-order valence-corrected chi connectivity index (χ1v) is 8.94. The SMILES string of the molecule is COc1ccc(N2C[C@@]34C=C[C@H](O3)[C@@H](C(=O)OCC(C)C)[C@H]4C2=O)cc1. The molecule has 6 heteroatoms. The molecule has 1 amide bonds. The standard InChI is InChI=1S/C20H23NO5/c1-12(2)10-25-19(23)16-15-8-9-20(26-15)11-21(18(22)17(16)20)13-4-6-14(24-3)7-5-13/h4-9,12,15-17H,10-11H2,1-3H3/t15-,16+,17-,20+/m0/s1. The molecule has 1 aromatic rings. The second-order valence-corrected chi connectivity index (χ2v) is 7.55. The Kier molecular flexibility index (Phi) is 4.03. The number of nitrogens with zero attached hydrogens (tertiary/aromatic N) is 1. The molecule has 2 fully saturated rings. The Labute approximate surface area is 152 Å². The molecule has 0 saturated carbocycles. The maximum absolute atomic E-state index is 13.2. The first-order chi connectivity index (χ1) is 12.4. The summed E-state index contributed by atoms with van der Waals surface area (Å²) in [5.41, 5.74) is 0.0396. The van der Waals surface area contributed by atoms with Crippen molar-refractivity contribution in [1.82, 2.24) is 0 Å². The van der Waals surface area contributed by atoms with Crippen LogP contribution in [0, 0.1) is 17.8 Å². The monoisotopic (exact) mass is 357 g/mol. The van der Waals surface area contributed by atoms with Crippen molar-refractivity contribution in [2.45, 2.75) is 25.6 Å². The average Bonchev–Trinajstić information content (AvgIpc) is 3.28. The van der Waals surface area contributed by atoms with Crippen LogP contribution in [0.1, 0.15) is 13.8 Å². The summed E-state index contributed by atoms with van der Waals surface area (Å²) in [5, 5.41) is 0. The molecule has 4 atom stereocenters. The number of carbonyl (C=O) groups is 2. The quantitative estimate of drug-likeness (QED) is 0.597. The van der Waals surface area contributed by atoms with E-state index in [1.54, 1.807) is 12.0 Å². The van der Waals surface area contributed by atoms with E-state index in [4.69, 9.17) is 14.2 Å². The smallest absolute Gasteiger partial charge is 0.312 e. The van der Waals surface area contributed by atoms with Gasteiger partial charge in [0.25, 0.3) is 0 Å². The van der Waals surface area contributed by atoms with E-state index in [2.05, 4.69) is 0 Å². The van der Waals surface area contributed by atoms with Crippen molar-refractivity contribution >= 4 is 17.6 Å². The molecule has 0 N–H and O–H groups in total. The fourth-order valence-electron chi connectivity index (χ4n) is 4.09. The van der Waals surface area contributed by atoms with E-state index in [1.165, 1.54) is 0 Å². The summed E-state index contributed by atoms with van der Waals surface area (Å²) in [6.07, 6.45) is 3.46. The fourth-order valence-corrected chi connectivity index (χ4v) is 4.09. The van der Waals surface area contributed by atoms with Crippen LogP contribution >= 0.6 is 0 Å². The number of ether oxygens (including phenoxy) is 3. The van der Waals surface area contributed by atoms with Gasteiger partial charge in [-0.25, -0.2) is 0 Å². The lowest BCUT2D eigenvalue weighted by molar-refractivity contribution is -0.153. The summed E-state index contributed by atoms with van der Waals surface area (Å²) in [6.45, 7) is 4.72. The van der Waals surface area contributed by atoms with E-state index in [-0.39, 0.29) is 23.9 Å². The highest BCUT2D eigenvalue weighted by Crippen LogP contribution is 2.52. The predicted molar refractivity (Wildman–Crippen MR) is 94.9 cm³/mol. The van der Waals surface area contributed by atoms with Crippen molar-refractivity contribution in [3.8, 4) is 5.75 Å². The van der Waals surface area contributed by atoms with E-state index in [9.17, 15) is 9.59 Å². The summed E-state index contributed by atoms with van der Waals surface area (Å²) in [6, 6.07) is 7.32. The lowest BCUT2D eigenvalue weighted by atomic mass is 9.77. The van der Waals surface area contributed by atoms with Crippen molar-refractivity contribution in [3.05, 3.63) is 36.4 Å². The Hall–Kier alpha value is -2.34. The molecule has 6 nitrogen and oxygen atoms in total. The minimum atomic E-state index is -0.733. The molecule has 2 bridgehead atoms. The van der Waals surface area contributed by atoms with Crippen LogP contribution in [0.3, 0.4) is 0 Å². The van der Waals surface area contributed by atoms with Crippen LogP contribution < -0.4 is 9.64 Å². The van der Waals surface area contributed by atoms with E-state index < -0.39 is 17.4 Å². The largest absolute Gasteiger partial charge is 0.497 e. The number of rotatable bonds is 5. The average molecular weight is 357 g/mol. The highest BCUT2D eigenvalue weighted by atomic mass is 16.6. The second kappa shape index (κ2) is 6.13. The Balaban J connectivity index is 1.59. The van der Waals surface area contributed by atoms with Gasteiger partial charge in [-0.05, 0) is 30.2 Å². The molecule has 2 saturated heterocycles. The summed E-state index contributed by atoms with van der Waals surface area (Å²) >= 11 is 0. The van der Waals surface area contributed by atoms with Crippen LogP contribution in [-0.4, -0.2) is 43.8 Å². The summed E-state index contributed by atoms with van der Waals surface area (Å²) in [7, 11) is 1.60. The number of anilines is 1. The Morgan fingerprint density at radius 2 is 2.08 bits per heavy atom. The third-order valence-corrected chi connectivity index (χ3v) is 5.32. The highest BCUT2D eigenvalue weighted by molar-refractivity contribution is 6.02. The maximum Gasteiger partial charge on any atom is 0.312 e. The molecule has 3 aliphatic rings. The van der Waals surface area contributed by atoms with Crippen LogP contribution in [0.15, 0.2) is 36.4 Å². The van der Waals surface area contributed by atoms with Gasteiger partial charge >= 0.3 is 5.97 Å². The lowest BCUT2D eigenvalue weighted by Gasteiger charge is -2.23. The van der Waals surface area contributed by atoms with Gasteiger partial charge in [0.2, 0.25) is 5.91 Å². The first kappa shape index (κ1) is 17.1. The molecule has 0 aromatic heterocycles.